The minimum atomic E-state index is 1.02. The van der Waals surface area contributed by atoms with Crippen LogP contribution >= 0.6 is 0 Å². The summed E-state index contributed by atoms with van der Waals surface area (Å²) in [6.07, 6.45) is 0. The van der Waals surface area contributed by atoms with E-state index in [-0.39, 0.29) is 0 Å². The van der Waals surface area contributed by atoms with Gasteiger partial charge < -0.3 is 9.80 Å². The summed E-state index contributed by atoms with van der Waals surface area (Å²) >= 11 is 0. The van der Waals surface area contributed by atoms with Crippen LogP contribution in [0.1, 0.15) is 33.4 Å². The molecule has 2 aliphatic heterocycles. The lowest BCUT2D eigenvalue weighted by atomic mass is 10.0. The predicted octanol–water partition coefficient (Wildman–Crippen LogP) is 5.34. The lowest BCUT2D eigenvalue weighted by Gasteiger charge is -2.18. The summed E-state index contributed by atoms with van der Waals surface area (Å²) in [5.41, 5.74) is 11.3. The molecule has 2 aliphatic rings. The zero-order chi connectivity index (χ0) is 17.7. The third-order valence-corrected chi connectivity index (χ3v) is 5.76. The second-order valence-corrected chi connectivity index (χ2v) is 7.77. The maximum Gasteiger partial charge on any atom is 0.0436 e. The molecule has 2 nitrogen and oxygen atoms in total. The average Bonchev–Trinajstić information content (AvgIpc) is 3.23. The highest BCUT2D eigenvalue weighted by Crippen LogP contribution is 2.35. The van der Waals surface area contributed by atoms with Crippen molar-refractivity contribution < 1.29 is 0 Å². The fourth-order valence-electron chi connectivity index (χ4n) is 4.19. The summed E-state index contributed by atoms with van der Waals surface area (Å²) in [4.78, 5) is 4.97. The van der Waals surface area contributed by atoms with Crippen LogP contribution in [0.15, 0.2) is 60.7 Å². The van der Waals surface area contributed by atoms with Crippen LogP contribution in [-0.2, 0) is 26.2 Å². The second-order valence-electron chi connectivity index (χ2n) is 7.77. The van der Waals surface area contributed by atoms with Crippen molar-refractivity contribution >= 4 is 11.4 Å². The molecule has 5 rings (SSSR count). The predicted molar refractivity (Wildman–Crippen MR) is 109 cm³/mol. The molecule has 0 aliphatic carbocycles. The molecule has 0 N–H and O–H groups in total. The number of hydrogen-bond acceptors (Lipinski definition) is 2. The van der Waals surface area contributed by atoms with E-state index in [1.165, 1.54) is 44.8 Å². The summed E-state index contributed by atoms with van der Waals surface area (Å²) in [5, 5.41) is 0. The van der Waals surface area contributed by atoms with Crippen molar-refractivity contribution in [3.05, 3.63) is 94.0 Å². The Morgan fingerprint density at radius 1 is 0.500 bits per heavy atom. The van der Waals surface area contributed by atoms with Gasteiger partial charge >= 0.3 is 0 Å². The van der Waals surface area contributed by atoms with E-state index in [9.17, 15) is 0 Å². The average molecular weight is 340 g/mol. The van der Waals surface area contributed by atoms with Gasteiger partial charge in [-0.25, -0.2) is 0 Å². The fraction of sp³-hybridized carbons (Fsp3) is 0.250. The van der Waals surface area contributed by atoms with Gasteiger partial charge in [-0.15, -0.1) is 0 Å². The molecule has 26 heavy (non-hydrogen) atoms. The molecule has 2 heteroatoms. The van der Waals surface area contributed by atoms with Crippen molar-refractivity contribution in [3.63, 3.8) is 0 Å². The van der Waals surface area contributed by atoms with Crippen LogP contribution in [0.3, 0.4) is 0 Å². The number of aryl methyl sites for hydroxylation is 2. The van der Waals surface area contributed by atoms with Crippen LogP contribution in [0.25, 0.3) is 0 Å². The van der Waals surface area contributed by atoms with Crippen LogP contribution in [0.5, 0.6) is 0 Å². The minimum absolute atomic E-state index is 1.02. The molecule has 3 aromatic rings. The highest BCUT2D eigenvalue weighted by atomic mass is 15.2. The Labute approximate surface area is 155 Å². The molecule has 0 saturated carbocycles. The Morgan fingerprint density at radius 3 is 1.12 bits per heavy atom. The molecule has 3 aromatic carbocycles. The zero-order valence-corrected chi connectivity index (χ0v) is 15.5. The summed E-state index contributed by atoms with van der Waals surface area (Å²) in [5.74, 6) is 0. The maximum absolute atomic E-state index is 2.48. The molecular formula is C24H24N2. The van der Waals surface area contributed by atoms with E-state index < -0.39 is 0 Å². The quantitative estimate of drug-likeness (QED) is 0.621. The highest BCUT2D eigenvalue weighted by Gasteiger charge is 2.25. The van der Waals surface area contributed by atoms with Gasteiger partial charge in [-0.2, -0.15) is 0 Å². The van der Waals surface area contributed by atoms with E-state index in [0.29, 0.717) is 0 Å². The van der Waals surface area contributed by atoms with Crippen LogP contribution in [0.2, 0.25) is 0 Å². The van der Waals surface area contributed by atoms with E-state index in [1.807, 2.05) is 0 Å². The third-order valence-electron chi connectivity index (χ3n) is 5.76. The van der Waals surface area contributed by atoms with Crippen molar-refractivity contribution in [1.82, 2.24) is 0 Å². The van der Waals surface area contributed by atoms with E-state index in [0.717, 1.165) is 26.2 Å². The number of anilines is 2. The molecule has 0 atom stereocenters. The maximum atomic E-state index is 2.48. The highest BCUT2D eigenvalue weighted by molar-refractivity contribution is 5.57. The Hall–Kier alpha value is -2.74. The first-order valence-corrected chi connectivity index (χ1v) is 9.42. The number of nitrogens with zero attached hydrogens (tertiary/aromatic N) is 2. The summed E-state index contributed by atoms with van der Waals surface area (Å²) in [7, 11) is 0. The van der Waals surface area contributed by atoms with Gasteiger partial charge in [-0.1, -0.05) is 47.5 Å². The fourth-order valence-corrected chi connectivity index (χ4v) is 4.19. The topological polar surface area (TPSA) is 6.48 Å². The van der Waals surface area contributed by atoms with Crippen molar-refractivity contribution in [3.8, 4) is 0 Å². The van der Waals surface area contributed by atoms with Gasteiger partial charge in [-0.05, 0) is 60.4 Å². The normalized spacial score (nSPS) is 15.3. The van der Waals surface area contributed by atoms with Gasteiger partial charge in [0.15, 0.2) is 0 Å². The minimum Gasteiger partial charge on any atom is -0.363 e. The molecule has 2 heterocycles. The lowest BCUT2D eigenvalue weighted by Crippen LogP contribution is -2.15. The molecule has 0 fully saturated rings. The summed E-state index contributed by atoms with van der Waals surface area (Å²) in [6, 6.07) is 22.7. The molecule has 0 aromatic heterocycles. The van der Waals surface area contributed by atoms with Crippen molar-refractivity contribution in [1.29, 1.82) is 0 Å². The molecule has 0 saturated heterocycles. The lowest BCUT2D eigenvalue weighted by molar-refractivity contribution is 0.868. The van der Waals surface area contributed by atoms with Gasteiger partial charge in [0.05, 0.1) is 0 Å². The number of hydrogen-bond donors (Lipinski definition) is 0. The SMILES string of the molecule is Cc1ccc(N2Cc3cc4c(cc3C2)CN(c2ccc(C)cc2)C4)cc1. The summed E-state index contributed by atoms with van der Waals surface area (Å²) in [6.45, 7) is 8.39. The molecule has 0 unspecified atom stereocenters. The zero-order valence-electron chi connectivity index (χ0n) is 15.5. The van der Waals surface area contributed by atoms with Gasteiger partial charge in [0.1, 0.15) is 0 Å². The van der Waals surface area contributed by atoms with E-state index in [1.54, 1.807) is 0 Å². The smallest absolute Gasteiger partial charge is 0.0436 e. The van der Waals surface area contributed by atoms with Gasteiger partial charge in [0, 0.05) is 37.6 Å². The van der Waals surface area contributed by atoms with Crippen LogP contribution in [-0.4, -0.2) is 0 Å². The Bertz CT molecular complexity index is 843. The number of rotatable bonds is 2. The standard InChI is InChI=1S/C24H24N2/c1-17-3-7-23(8-4-17)25-13-19-11-21-15-26(16-22(21)12-20(19)14-25)24-9-5-18(2)6-10-24/h3-12H,13-16H2,1-2H3. The first-order chi connectivity index (χ1) is 12.7. The monoisotopic (exact) mass is 340 g/mol. The third kappa shape index (κ3) is 2.66. The van der Waals surface area contributed by atoms with E-state index >= 15 is 0 Å². The number of fused-ring (bicyclic) bond motifs is 2. The Kier molecular flexibility index (Phi) is 3.53. The van der Waals surface area contributed by atoms with Gasteiger partial charge in [0.25, 0.3) is 0 Å². The van der Waals surface area contributed by atoms with E-state index in [2.05, 4.69) is 84.3 Å². The summed E-state index contributed by atoms with van der Waals surface area (Å²) < 4.78 is 0. The number of benzene rings is 3. The molecule has 0 bridgehead atoms. The van der Waals surface area contributed by atoms with Crippen molar-refractivity contribution in [2.45, 2.75) is 40.0 Å². The Morgan fingerprint density at radius 2 is 0.808 bits per heavy atom. The molecular weight excluding hydrogens is 316 g/mol. The van der Waals surface area contributed by atoms with Crippen molar-refractivity contribution in [2.24, 2.45) is 0 Å². The van der Waals surface area contributed by atoms with Crippen LogP contribution < -0.4 is 9.80 Å². The first kappa shape index (κ1) is 15.5. The second kappa shape index (κ2) is 5.91. The van der Waals surface area contributed by atoms with Crippen molar-refractivity contribution in [2.75, 3.05) is 9.80 Å². The largest absolute Gasteiger partial charge is 0.363 e. The van der Waals surface area contributed by atoms with Gasteiger partial charge in [-0.3, -0.25) is 0 Å². The molecule has 0 radical (unpaired) electrons. The molecule has 0 spiro atoms. The molecule has 130 valence electrons. The van der Waals surface area contributed by atoms with E-state index in [4.69, 9.17) is 0 Å². The van der Waals surface area contributed by atoms with Crippen LogP contribution in [0.4, 0.5) is 11.4 Å². The Balaban J connectivity index is 1.37. The molecule has 0 amide bonds. The van der Waals surface area contributed by atoms with Crippen LogP contribution in [0, 0.1) is 13.8 Å². The van der Waals surface area contributed by atoms with Gasteiger partial charge in [0.2, 0.25) is 0 Å². The first-order valence-electron chi connectivity index (χ1n) is 9.42.